The molecule has 3 nitrogen and oxygen atoms in total. The summed E-state index contributed by atoms with van der Waals surface area (Å²) >= 11 is 6.06. The SMILES string of the molecule is CC(Cl)c1nnc(C23CC4CC(CC(C)(C4)C2)C3)o1. The number of rotatable bonds is 2. The largest absolute Gasteiger partial charge is 0.423 e. The topological polar surface area (TPSA) is 38.9 Å². The van der Waals surface area contributed by atoms with Crippen LogP contribution in [0.1, 0.15) is 69.5 Å². The number of nitrogens with zero attached hydrogens (tertiary/aromatic N) is 2. The highest BCUT2D eigenvalue weighted by Crippen LogP contribution is 2.65. The predicted molar refractivity (Wildman–Crippen MR) is 73.0 cm³/mol. The molecule has 4 bridgehead atoms. The normalized spacial score (nSPS) is 45.6. The van der Waals surface area contributed by atoms with Gasteiger partial charge < -0.3 is 4.42 Å². The van der Waals surface area contributed by atoms with Crippen molar-refractivity contribution in [3.63, 3.8) is 0 Å². The zero-order chi connectivity index (χ0) is 13.3. The molecule has 0 aromatic carbocycles. The third kappa shape index (κ3) is 1.77. The van der Waals surface area contributed by atoms with Crippen LogP contribution in [0.5, 0.6) is 0 Å². The van der Waals surface area contributed by atoms with Gasteiger partial charge in [0.05, 0.1) is 0 Å². The molecule has 3 atom stereocenters. The second-order valence-corrected chi connectivity index (χ2v) is 8.27. The van der Waals surface area contributed by atoms with Crippen LogP contribution in [0, 0.1) is 17.3 Å². The van der Waals surface area contributed by atoms with Crippen LogP contribution < -0.4 is 0 Å². The van der Waals surface area contributed by atoms with E-state index in [-0.39, 0.29) is 10.8 Å². The molecule has 4 aliphatic rings. The third-order valence-corrected chi connectivity index (χ3v) is 5.77. The molecule has 1 aromatic rings. The van der Waals surface area contributed by atoms with Gasteiger partial charge in [0.25, 0.3) is 0 Å². The lowest BCUT2D eigenvalue weighted by Gasteiger charge is -2.60. The Balaban J connectivity index is 1.73. The molecule has 0 aliphatic heterocycles. The fraction of sp³-hybridized carbons (Fsp3) is 0.867. The first-order valence-electron chi connectivity index (χ1n) is 7.46. The van der Waals surface area contributed by atoms with Crippen LogP contribution in [0.4, 0.5) is 0 Å². The van der Waals surface area contributed by atoms with Crippen LogP contribution in [-0.2, 0) is 5.41 Å². The van der Waals surface area contributed by atoms with E-state index in [0.29, 0.717) is 11.3 Å². The second-order valence-electron chi connectivity index (χ2n) is 7.61. The molecule has 0 saturated heterocycles. The lowest BCUT2D eigenvalue weighted by atomic mass is 9.44. The van der Waals surface area contributed by atoms with Gasteiger partial charge in [0, 0.05) is 5.41 Å². The minimum atomic E-state index is -0.189. The van der Waals surface area contributed by atoms with Crippen molar-refractivity contribution in [2.75, 3.05) is 0 Å². The first kappa shape index (κ1) is 12.2. The van der Waals surface area contributed by atoms with Gasteiger partial charge in [-0.25, -0.2) is 0 Å². The fourth-order valence-electron chi connectivity index (χ4n) is 5.58. The molecule has 5 rings (SSSR count). The molecule has 0 amide bonds. The Morgan fingerprint density at radius 2 is 1.89 bits per heavy atom. The zero-order valence-corrected chi connectivity index (χ0v) is 12.4. The molecule has 0 radical (unpaired) electrons. The molecular weight excluding hydrogens is 260 g/mol. The second kappa shape index (κ2) is 3.75. The van der Waals surface area contributed by atoms with Crippen molar-refractivity contribution in [1.82, 2.24) is 10.2 Å². The molecular formula is C15H21ClN2O. The van der Waals surface area contributed by atoms with E-state index in [9.17, 15) is 0 Å². The monoisotopic (exact) mass is 280 g/mol. The van der Waals surface area contributed by atoms with E-state index >= 15 is 0 Å². The van der Waals surface area contributed by atoms with Crippen LogP contribution in [0.15, 0.2) is 4.42 Å². The first-order valence-corrected chi connectivity index (χ1v) is 7.90. The molecule has 3 unspecified atom stereocenters. The van der Waals surface area contributed by atoms with E-state index < -0.39 is 0 Å². The molecule has 4 saturated carbocycles. The highest BCUT2D eigenvalue weighted by Gasteiger charge is 2.58. The summed E-state index contributed by atoms with van der Waals surface area (Å²) in [6.07, 6.45) is 7.95. The van der Waals surface area contributed by atoms with Crippen LogP contribution in [0.25, 0.3) is 0 Å². The molecule has 1 heterocycles. The number of hydrogen-bond donors (Lipinski definition) is 0. The van der Waals surface area contributed by atoms with Crippen LogP contribution in [0.3, 0.4) is 0 Å². The summed E-state index contributed by atoms with van der Waals surface area (Å²) in [6, 6.07) is 0. The predicted octanol–water partition coefficient (Wildman–Crippen LogP) is 4.23. The van der Waals surface area contributed by atoms with E-state index in [2.05, 4.69) is 17.1 Å². The van der Waals surface area contributed by atoms with Crippen molar-refractivity contribution in [3.05, 3.63) is 11.8 Å². The number of halogens is 1. The van der Waals surface area contributed by atoms with Crippen molar-refractivity contribution in [2.45, 2.75) is 63.2 Å². The molecule has 0 N–H and O–H groups in total. The number of hydrogen-bond acceptors (Lipinski definition) is 3. The molecule has 4 aliphatic carbocycles. The lowest BCUT2D eigenvalue weighted by Crippen LogP contribution is -2.53. The highest BCUT2D eigenvalue weighted by molar-refractivity contribution is 6.20. The van der Waals surface area contributed by atoms with Gasteiger partial charge in [0.1, 0.15) is 5.38 Å². The molecule has 4 heteroatoms. The Labute approximate surface area is 119 Å². The molecule has 104 valence electrons. The first-order chi connectivity index (χ1) is 8.98. The van der Waals surface area contributed by atoms with Gasteiger partial charge in [-0.05, 0) is 62.7 Å². The van der Waals surface area contributed by atoms with Crippen LogP contribution >= 0.6 is 11.6 Å². The van der Waals surface area contributed by atoms with E-state index in [4.69, 9.17) is 16.0 Å². The Hall–Kier alpha value is -0.570. The third-order valence-electron chi connectivity index (χ3n) is 5.59. The maximum Gasteiger partial charge on any atom is 0.234 e. The van der Waals surface area contributed by atoms with Gasteiger partial charge in [-0.1, -0.05) is 6.92 Å². The standard InChI is InChI=1S/C15H21ClN2O/c1-9(16)12-17-18-13(19-12)15-6-10-3-11(7-15)5-14(2,4-10)8-15/h9-11H,3-8H2,1-2H3. The summed E-state index contributed by atoms with van der Waals surface area (Å²) in [6.45, 7) is 4.35. The van der Waals surface area contributed by atoms with E-state index in [1.54, 1.807) is 0 Å². The Morgan fingerprint density at radius 1 is 1.21 bits per heavy atom. The smallest absolute Gasteiger partial charge is 0.234 e. The number of alkyl halides is 1. The lowest BCUT2D eigenvalue weighted by molar-refractivity contribution is -0.0712. The van der Waals surface area contributed by atoms with Crippen LogP contribution in [-0.4, -0.2) is 10.2 Å². The van der Waals surface area contributed by atoms with Crippen molar-refractivity contribution >= 4 is 11.6 Å². The minimum absolute atomic E-state index is 0.163. The molecule has 0 spiro atoms. The Bertz CT molecular complexity index is 496. The van der Waals surface area contributed by atoms with Gasteiger partial charge >= 0.3 is 0 Å². The Kier molecular flexibility index (Phi) is 2.41. The summed E-state index contributed by atoms with van der Waals surface area (Å²) < 4.78 is 5.92. The Morgan fingerprint density at radius 3 is 2.42 bits per heavy atom. The average Bonchev–Trinajstić information content (AvgIpc) is 2.74. The van der Waals surface area contributed by atoms with Gasteiger partial charge in [0.2, 0.25) is 11.8 Å². The van der Waals surface area contributed by atoms with Crippen molar-refractivity contribution in [1.29, 1.82) is 0 Å². The molecule has 1 aromatic heterocycles. The molecule has 4 fully saturated rings. The highest BCUT2D eigenvalue weighted by atomic mass is 35.5. The average molecular weight is 281 g/mol. The van der Waals surface area contributed by atoms with Crippen molar-refractivity contribution < 1.29 is 4.42 Å². The maximum atomic E-state index is 6.06. The summed E-state index contributed by atoms with van der Waals surface area (Å²) in [5.41, 5.74) is 0.668. The summed E-state index contributed by atoms with van der Waals surface area (Å²) in [7, 11) is 0. The van der Waals surface area contributed by atoms with Gasteiger partial charge in [-0.15, -0.1) is 21.8 Å². The van der Waals surface area contributed by atoms with E-state index in [1.807, 2.05) is 6.92 Å². The number of aromatic nitrogens is 2. The van der Waals surface area contributed by atoms with Crippen molar-refractivity contribution in [2.24, 2.45) is 17.3 Å². The van der Waals surface area contributed by atoms with Gasteiger partial charge in [-0.3, -0.25) is 0 Å². The molecule has 19 heavy (non-hydrogen) atoms. The summed E-state index contributed by atoms with van der Waals surface area (Å²) in [5.74, 6) is 3.19. The zero-order valence-electron chi connectivity index (χ0n) is 11.7. The van der Waals surface area contributed by atoms with Crippen molar-refractivity contribution in [3.8, 4) is 0 Å². The van der Waals surface area contributed by atoms with E-state index in [0.717, 1.165) is 17.7 Å². The fourth-order valence-corrected chi connectivity index (χ4v) is 5.67. The van der Waals surface area contributed by atoms with Crippen LogP contribution in [0.2, 0.25) is 0 Å². The minimum Gasteiger partial charge on any atom is -0.423 e. The van der Waals surface area contributed by atoms with Gasteiger partial charge in [-0.2, -0.15) is 0 Å². The summed E-state index contributed by atoms with van der Waals surface area (Å²) in [5, 5.41) is 8.32. The quantitative estimate of drug-likeness (QED) is 0.761. The maximum absolute atomic E-state index is 6.06. The van der Waals surface area contributed by atoms with E-state index in [1.165, 1.54) is 38.5 Å². The summed E-state index contributed by atoms with van der Waals surface area (Å²) in [4.78, 5) is 0. The van der Waals surface area contributed by atoms with Gasteiger partial charge in [0.15, 0.2) is 0 Å².